The summed E-state index contributed by atoms with van der Waals surface area (Å²) in [6.45, 7) is 4.81. The van der Waals surface area contributed by atoms with Crippen LogP contribution in [0.3, 0.4) is 0 Å². The summed E-state index contributed by atoms with van der Waals surface area (Å²) in [6, 6.07) is 32.6. The Kier molecular flexibility index (Phi) is 9.56. The number of phenols is 1. The third-order valence-corrected chi connectivity index (χ3v) is 11.9. The van der Waals surface area contributed by atoms with Crippen LogP contribution in [0.15, 0.2) is 122 Å². The second-order valence-electron chi connectivity index (χ2n) is 15.2. The van der Waals surface area contributed by atoms with Gasteiger partial charge in [-0.05, 0) is 91.3 Å². The Labute approximate surface area is 335 Å². The van der Waals surface area contributed by atoms with E-state index in [0.717, 1.165) is 42.6 Å². The van der Waals surface area contributed by atoms with E-state index in [0.29, 0.717) is 53.0 Å². The van der Waals surface area contributed by atoms with E-state index in [1.54, 1.807) is 39.9 Å². The van der Waals surface area contributed by atoms with Crippen LogP contribution in [-0.2, 0) is 20.0 Å². The van der Waals surface area contributed by atoms with E-state index in [9.17, 15) is 5.11 Å². The zero-order chi connectivity index (χ0) is 39.4. The third-order valence-electron chi connectivity index (χ3n) is 11.6. The highest BCUT2D eigenvalue weighted by Crippen LogP contribution is 2.37. The maximum atomic E-state index is 15.6. The topological polar surface area (TPSA) is 77.2 Å². The van der Waals surface area contributed by atoms with Gasteiger partial charge in [0.1, 0.15) is 11.6 Å². The first-order valence-corrected chi connectivity index (χ1v) is 19.6. The number of amides is 2. The lowest BCUT2D eigenvalue weighted by Gasteiger charge is -2.41. The predicted molar refractivity (Wildman–Crippen MR) is 223 cm³/mol. The molecule has 9 nitrogen and oxygen atoms in total. The molecule has 1 atom stereocenters. The number of benzene rings is 5. The van der Waals surface area contributed by atoms with Gasteiger partial charge in [0.2, 0.25) is 0 Å². The van der Waals surface area contributed by atoms with Gasteiger partial charge in [-0.1, -0.05) is 54.1 Å². The molecule has 1 N–H and O–H groups in total. The molecule has 9 rings (SSSR count). The molecule has 2 aliphatic rings. The molecule has 2 aliphatic heterocycles. The van der Waals surface area contributed by atoms with E-state index in [1.807, 2.05) is 83.4 Å². The van der Waals surface area contributed by atoms with Gasteiger partial charge in [0.05, 0.1) is 27.4 Å². The Balaban J connectivity index is 1.15. The number of carbonyl (C=O) groups is 2. The fraction of sp³-hybridized carbons (Fsp3) is 0.217. The van der Waals surface area contributed by atoms with Crippen LogP contribution in [0.25, 0.3) is 27.5 Å². The highest BCUT2D eigenvalue weighted by molar-refractivity contribution is 6.31. The van der Waals surface area contributed by atoms with Gasteiger partial charge in [-0.3, -0.25) is 19.4 Å². The summed E-state index contributed by atoms with van der Waals surface area (Å²) in [5, 5.41) is 11.6. The predicted octanol–water partition coefficient (Wildman–Crippen LogP) is 8.41. The lowest BCUT2D eigenvalue weighted by atomic mass is 9.92. The molecule has 0 unspecified atom stereocenters. The fourth-order valence-electron chi connectivity index (χ4n) is 8.44. The van der Waals surface area contributed by atoms with Crippen molar-refractivity contribution in [3.05, 3.63) is 155 Å². The second kappa shape index (κ2) is 14.9. The number of aromatic nitrogens is 2. The van der Waals surface area contributed by atoms with E-state index in [1.165, 1.54) is 17.7 Å². The maximum Gasteiger partial charge on any atom is 0.265 e. The van der Waals surface area contributed by atoms with Crippen molar-refractivity contribution in [2.45, 2.75) is 19.0 Å². The zero-order valence-corrected chi connectivity index (χ0v) is 32.5. The molecule has 4 heterocycles. The zero-order valence-electron chi connectivity index (χ0n) is 31.8. The van der Waals surface area contributed by atoms with E-state index in [2.05, 4.69) is 29.0 Å². The number of hydrogen-bond acceptors (Lipinski definition) is 5. The average molecular weight is 781 g/mol. The van der Waals surface area contributed by atoms with Crippen LogP contribution in [0.2, 0.25) is 5.02 Å². The van der Waals surface area contributed by atoms with Crippen molar-refractivity contribution in [3.8, 4) is 11.4 Å². The molecule has 5 aromatic carbocycles. The Hall–Kier alpha value is -5.94. The number of para-hydroxylation sites is 1. The van der Waals surface area contributed by atoms with Crippen LogP contribution in [-0.4, -0.2) is 86.6 Å². The number of hydrogen-bond donors (Lipinski definition) is 1. The van der Waals surface area contributed by atoms with Crippen molar-refractivity contribution in [2.24, 2.45) is 7.05 Å². The molecule has 0 aliphatic carbocycles. The van der Waals surface area contributed by atoms with Crippen molar-refractivity contribution >= 4 is 56.6 Å². The largest absolute Gasteiger partial charge is 0.508 e. The summed E-state index contributed by atoms with van der Waals surface area (Å²) >= 11 is 6.53. The van der Waals surface area contributed by atoms with Gasteiger partial charge in [-0.2, -0.15) is 0 Å². The molecule has 2 amide bonds. The van der Waals surface area contributed by atoms with Crippen LogP contribution in [0.5, 0.6) is 5.75 Å². The number of piperazine rings is 1. The molecular formula is C46H42ClFN6O3. The lowest BCUT2D eigenvalue weighted by Crippen LogP contribution is -2.53. The number of nitrogens with zero attached hydrogens (tertiary/aromatic N) is 6. The molecule has 7 aromatic rings. The average Bonchev–Trinajstić information content (AvgIpc) is 3.80. The maximum absolute atomic E-state index is 15.6. The van der Waals surface area contributed by atoms with Gasteiger partial charge in [0, 0.05) is 92.4 Å². The Morgan fingerprint density at radius 3 is 2.32 bits per heavy atom. The first kappa shape index (κ1) is 36.7. The van der Waals surface area contributed by atoms with Crippen LogP contribution >= 0.6 is 11.6 Å². The van der Waals surface area contributed by atoms with Crippen LogP contribution in [0, 0.1) is 5.82 Å². The minimum Gasteiger partial charge on any atom is -0.508 e. The first-order valence-electron chi connectivity index (χ1n) is 19.2. The van der Waals surface area contributed by atoms with Gasteiger partial charge in [-0.15, -0.1) is 0 Å². The molecule has 0 spiro atoms. The number of carbonyl (C=O) groups excluding carboxylic acids is 2. The number of phenolic OH excluding ortho intramolecular Hbond substituents is 1. The fourth-order valence-corrected chi connectivity index (χ4v) is 8.60. The molecule has 57 heavy (non-hydrogen) atoms. The minimum absolute atomic E-state index is 0.0783. The number of rotatable bonds is 7. The van der Waals surface area contributed by atoms with E-state index in [-0.39, 0.29) is 34.2 Å². The van der Waals surface area contributed by atoms with E-state index in [4.69, 9.17) is 11.6 Å². The summed E-state index contributed by atoms with van der Waals surface area (Å²) in [6.07, 6.45) is 4.38. The van der Waals surface area contributed by atoms with Crippen LogP contribution < -0.4 is 4.90 Å². The summed E-state index contributed by atoms with van der Waals surface area (Å²) < 4.78 is 19.4. The number of halogens is 2. The molecule has 1 saturated heterocycles. The van der Waals surface area contributed by atoms with Gasteiger partial charge >= 0.3 is 0 Å². The Morgan fingerprint density at radius 2 is 1.53 bits per heavy atom. The summed E-state index contributed by atoms with van der Waals surface area (Å²) in [5.74, 6) is -1.25. The summed E-state index contributed by atoms with van der Waals surface area (Å²) in [7, 11) is 4.09. The molecule has 2 aromatic heterocycles. The van der Waals surface area contributed by atoms with Crippen molar-refractivity contribution in [2.75, 3.05) is 44.7 Å². The standard InChI is InChI=1S/C46H42ClFN6O3/c1-49-19-21-51(22-20-49)28-35-23-30-7-3-4-8-32(30)27-52(35)45(56)38-25-41(48)40(47)26-44(38)53-29-39(37-9-5-6-10-43(37)53)46(57)54(33-11-14-36(55)15-12-33)34-13-16-42-31(24-34)17-18-50(42)2/h3-18,24-26,29,35,55H,19-23,27-28H2,1-2H3/t35-/m0/s1. The number of anilines is 2. The normalized spacial score (nSPS) is 16.3. The van der Waals surface area contributed by atoms with Crippen LogP contribution in [0.1, 0.15) is 31.8 Å². The molecule has 0 saturated carbocycles. The van der Waals surface area contributed by atoms with Crippen LogP contribution in [0.4, 0.5) is 15.8 Å². The third kappa shape index (κ3) is 6.84. The van der Waals surface area contributed by atoms with Gasteiger partial charge in [-0.25, -0.2) is 4.39 Å². The second-order valence-corrected chi connectivity index (χ2v) is 15.6. The quantitative estimate of drug-likeness (QED) is 0.176. The van der Waals surface area contributed by atoms with Crippen molar-refractivity contribution in [1.29, 1.82) is 0 Å². The van der Waals surface area contributed by atoms with Crippen molar-refractivity contribution in [3.63, 3.8) is 0 Å². The Bertz CT molecular complexity index is 2660. The molecular weight excluding hydrogens is 739 g/mol. The first-order chi connectivity index (χ1) is 27.6. The smallest absolute Gasteiger partial charge is 0.265 e. The van der Waals surface area contributed by atoms with Crippen molar-refractivity contribution < 1.29 is 19.1 Å². The van der Waals surface area contributed by atoms with Crippen molar-refractivity contribution in [1.82, 2.24) is 23.8 Å². The highest BCUT2D eigenvalue weighted by atomic mass is 35.5. The summed E-state index contributed by atoms with van der Waals surface area (Å²) in [5.41, 5.74) is 6.05. The minimum atomic E-state index is -0.695. The number of aromatic hydroxyl groups is 1. The van der Waals surface area contributed by atoms with Gasteiger partial charge in [0.25, 0.3) is 11.8 Å². The molecule has 0 radical (unpaired) electrons. The SMILES string of the molecule is CN1CCN(C[C@@H]2Cc3ccccc3CN2C(=O)c2cc(F)c(Cl)cc2-n2cc(C(=O)N(c3ccc(O)cc3)c3ccc4c(ccn4C)c3)c3ccccc32)CC1. The van der Waals surface area contributed by atoms with E-state index < -0.39 is 5.82 Å². The summed E-state index contributed by atoms with van der Waals surface area (Å²) in [4.78, 5) is 38.3. The molecule has 1 fully saturated rings. The molecule has 0 bridgehead atoms. The molecule has 11 heteroatoms. The lowest BCUT2D eigenvalue weighted by molar-refractivity contribution is 0.0535. The molecule has 288 valence electrons. The van der Waals surface area contributed by atoms with Gasteiger partial charge < -0.3 is 24.0 Å². The Morgan fingerprint density at radius 1 is 0.807 bits per heavy atom. The highest BCUT2D eigenvalue weighted by Gasteiger charge is 2.34. The van der Waals surface area contributed by atoms with Gasteiger partial charge in [0.15, 0.2) is 0 Å². The number of likely N-dealkylation sites (N-methyl/N-ethyl adjacent to an activating group) is 1. The number of aryl methyl sites for hydroxylation is 1. The number of fused-ring (bicyclic) bond motifs is 3. The van der Waals surface area contributed by atoms with E-state index >= 15 is 14.0 Å². The monoisotopic (exact) mass is 780 g/mol.